The molecule has 0 aromatic carbocycles. The number of halogens is 1. The molecule has 0 radical (unpaired) electrons. The molecule has 0 aliphatic carbocycles. The van der Waals surface area contributed by atoms with Crippen LogP contribution in [-0.2, 0) is 5.41 Å². The van der Waals surface area contributed by atoms with Gasteiger partial charge in [-0.1, -0.05) is 20.8 Å². The molecule has 1 rings (SSSR count). The number of furan rings is 1. The maximum atomic E-state index is 10.4. The molecule has 2 nitrogen and oxygen atoms in total. The molecular weight excluding hydrogens is 220 g/mol. The van der Waals surface area contributed by atoms with E-state index in [4.69, 9.17) is 4.42 Å². The van der Waals surface area contributed by atoms with Crippen LogP contribution in [0.1, 0.15) is 36.9 Å². The van der Waals surface area contributed by atoms with Gasteiger partial charge in [0.15, 0.2) is 16.7 Å². The Morgan fingerprint density at radius 3 is 2.33 bits per heavy atom. The Kier molecular flexibility index (Phi) is 2.42. The first-order valence-corrected chi connectivity index (χ1v) is 4.49. The standard InChI is InChI=1S/C9H11BrO2/c1-9(2,3)7-4-6(5-11)12-8(7)10/h4-5H,1-3H3. The van der Waals surface area contributed by atoms with Crippen LogP contribution in [0.2, 0.25) is 0 Å². The fourth-order valence-electron chi connectivity index (χ4n) is 0.956. The molecule has 12 heavy (non-hydrogen) atoms. The number of carbonyl (C=O) groups excluding carboxylic acids is 1. The molecule has 1 aromatic heterocycles. The predicted octanol–water partition coefficient (Wildman–Crippen LogP) is 3.15. The molecule has 0 spiro atoms. The number of aldehydes is 1. The second kappa shape index (κ2) is 3.05. The molecule has 3 heteroatoms. The highest BCUT2D eigenvalue weighted by atomic mass is 79.9. The van der Waals surface area contributed by atoms with E-state index in [0.29, 0.717) is 16.7 Å². The zero-order chi connectivity index (χ0) is 9.35. The number of hydrogen-bond donors (Lipinski definition) is 0. The van der Waals surface area contributed by atoms with Gasteiger partial charge < -0.3 is 4.42 Å². The molecule has 0 atom stereocenters. The van der Waals surface area contributed by atoms with Crippen LogP contribution in [0.25, 0.3) is 0 Å². The molecule has 1 aromatic rings. The Morgan fingerprint density at radius 1 is 1.50 bits per heavy atom. The quantitative estimate of drug-likeness (QED) is 0.695. The average Bonchev–Trinajstić information content (AvgIpc) is 2.29. The van der Waals surface area contributed by atoms with Gasteiger partial charge in [-0.15, -0.1) is 0 Å². The lowest BCUT2D eigenvalue weighted by molar-refractivity contribution is 0.109. The number of hydrogen-bond acceptors (Lipinski definition) is 2. The lowest BCUT2D eigenvalue weighted by atomic mass is 9.89. The van der Waals surface area contributed by atoms with E-state index in [2.05, 4.69) is 36.7 Å². The Labute approximate surface area is 80.1 Å². The van der Waals surface area contributed by atoms with Gasteiger partial charge in [-0.25, -0.2) is 0 Å². The van der Waals surface area contributed by atoms with Gasteiger partial charge in [-0.2, -0.15) is 0 Å². The van der Waals surface area contributed by atoms with Crippen molar-refractivity contribution in [1.82, 2.24) is 0 Å². The highest BCUT2D eigenvalue weighted by Gasteiger charge is 2.20. The van der Waals surface area contributed by atoms with Crippen molar-refractivity contribution in [2.24, 2.45) is 0 Å². The Morgan fingerprint density at radius 2 is 2.08 bits per heavy atom. The molecular formula is C9H11BrO2. The lowest BCUT2D eigenvalue weighted by Gasteiger charge is -2.15. The van der Waals surface area contributed by atoms with Gasteiger partial charge in [-0.05, 0) is 27.4 Å². The minimum Gasteiger partial charge on any atom is -0.446 e. The minimum absolute atomic E-state index is 0.00356. The van der Waals surface area contributed by atoms with Gasteiger partial charge in [0, 0.05) is 5.56 Å². The van der Waals surface area contributed by atoms with E-state index in [-0.39, 0.29) is 5.41 Å². The molecule has 0 saturated heterocycles. The second-order valence-corrected chi connectivity index (χ2v) is 4.42. The fourth-order valence-corrected chi connectivity index (χ4v) is 1.85. The zero-order valence-corrected chi connectivity index (χ0v) is 8.94. The zero-order valence-electron chi connectivity index (χ0n) is 7.35. The highest BCUT2D eigenvalue weighted by molar-refractivity contribution is 9.10. The first-order chi connectivity index (χ1) is 5.45. The van der Waals surface area contributed by atoms with Crippen LogP contribution in [0.15, 0.2) is 15.2 Å². The van der Waals surface area contributed by atoms with Crippen LogP contribution in [-0.4, -0.2) is 6.29 Å². The molecule has 0 bridgehead atoms. The van der Waals surface area contributed by atoms with Crippen molar-refractivity contribution >= 4 is 22.2 Å². The number of rotatable bonds is 1. The average molecular weight is 231 g/mol. The SMILES string of the molecule is CC(C)(C)c1cc(C=O)oc1Br. The van der Waals surface area contributed by atoms with Crippen molar-refractivity contribution in [2.45, 2.75) is 26.2 Å². The van der Waals surface area contributed by atoms with Crippen molar-refractivity contribution in [3.8, 4) is 0 Å². The van der Waals surface area contributed by atoms with E-state index in [9.17, 15) is 4.79 Å². The van der Waals surface area contributed by atoms with Gasteiger partial charge in [0.25, 0.3) is 0 Å². The van der Waals surface area contributed by atoms with Crippen LogP contribution in [0.5, 0.6) is 0 Å². The van der Waals surface area contributed by atoms with E-state index >= 15 is 0 Å². The molecule has 0 saturated carbocycles. The van der Waals surface area contributed by atoms with Crippen LogP contribution in [0.4, 0.5) is 0 Å². The van der Waals surface area contributed by atoms with Gasteiger partial charge >= 0.3 is 0 Å². The van der Waals surface area contributed by atoms with E-state index in [1.165, 1.54) is 0 Å². The van der Waals surface area contributed by atoms with E-state index in [1.807, 2.05) is 0 Å². The van der Waals surface area contributed by atoms with Crippen LogP contribution in [0.3, 0.4) is 0 Å². The maximum Gasteiger partial charge on any atom is 0.185 e. The van der Waals surface area contributed by atoms with Crippen LogP contribution >= 0.6 is 15.9 Å². The Balaban J connectivity index is 3.16. The third-order valence-corrected chi connectivity index (χ3v) is 2.22. The summed E-state index contributed by atoms with van der Waals surface area (Å²) in [6, 6.07) is 1.76. The van der Waals surface area contributed by atoms with Crippen molar-refractivity contribution in [3.63, 3.8) is 0 Å². The summed E-state index contributed by atoms with van der Waals surface area (Å²) in [4.78, 5) is 10.4. The summed E-state index contributed by atoms with van der Waals surface area (Å²) in [5.41, 5.74) is 1.02. The summed E-state index contributed by atoms with van der Waals surface area (Å²) >= 11 is 3.27. The molecule has 0 N–H and O–H groups in total. The normalized spacial score (nSPS) is 11.7. The maximum absolute atomic E-state index is 10.4. The van der Waals surface area contributed by atoms with Gasteiger partial charge in [0.1, 0.15) is 0 Å². The monoisotopic (exact) mass is 230 g/mol. The van der Waals surface area contributed by atoms with E-state index < -0.39 is 0 Å². The van der Waals surface area contributed by atoms with Crippen molar-refractivity contribution in [1.29, 1.82) is 0 Å². The molecule has 0 fully saturated rings. The molecule has 1 heterocycles. The smallest absolute Gasteiger partial charge is 0.185 e. The molecule has 0 aliphatic rings. The first-order valence-electron chi connectivity index (χ1n) is 3.70. The first kappa shape index (κ1) is 9.52. The second-order valence-electron chi connectivity index (χ2n) is 3.70. The third kappa shape index (κ3) is 1.78. The fraction of sp³-hybridized carbons (Fsp3) is 0.444. The van der Waals surface area contributed by atoms with E-state index in [1.54, 1.807) is 6.07 Å². The van der Waals surface area contributed by atoms with Gasteiger partial charge in [0.05, 0.1) is 0 Å². The molecule has 0 unspecified atom stereocenters. The van der Waals surface area contributed by atoms with Crippen molar-refractivity contribution < 1.29 is 9.21 Å². The van der Waals surface area contributed by atoms with Crippen molar-refractivity contribution in [2.75, 3.05) is 0 Å². The summed E-state index contributed by atoms with van der Waals surface area (Å²) in [5.74, 6) is 0.367. The minimum atomic E-state index is 0.00356. The highest BCUT2D eigenvalue weighted by Crippen LogP contribution is 2.31. The number of carbonyl (C=O) groups is 1. The largest absolute Gasteiger partial charge is 0.446 e. The van der Waals surface area contributed by atoms with Gasteiger partial charge in [0.2, 0.25) is 0 Å². The van der Waals surface area contributed by atoms with Crippen molar-refractivity contribution in [3.05, 3.63) is 22.1 Å². The summed E-state index contributed by atoms with van der Waals surface area (Å²) < 4.78 is 5.79. The summed E-state index contributed by atoms with van der Waals surface area (Å²) in [6.07, 6.45) is 0.708. The lowest BCUT2D eigenvalue weighted by Crippen LogP contribution is -2.10. The molecule has 0 aliphatic heterocycles. The molecule has 0 amide bonds. The third-order valence-electron chi connectivity index (χ3n) is 1.63. The van der Waals surface area contributed by atoms with Crippen LogP contribution < -0.4 is 0 Å². The summed E-state index contributed by atoms with van der Waals surface area (Å²) in [7, 11) is 0. The predicted molar refractivity (Wildman–Crippen MR) is 50.5 cm³/mol. The van der Waals surface area contributed by atoms with E-state index in [0.717, 1.165) is 5.56 Å². The van der Waals surface area contributed by atoms with Gasteiger partial charge in [-0.3, -0.25) is 4.79 Å². The van der Waals surface area contributed by atoms with Crippen LogP contribution in [0, 0.1) is 0 Å². The topological polar surface area (TPSA) is 30.2 Å². The molecule has 66 valence electrons. The Bertz CT molecular complexity index is 294. The summed E-state index contributed by atoms with van der Waals surface area (Å²) in [6.45, 7) is 6.20. The Hall–Kier alpha value is -0.570. The summed E-state index contributed by atoms with van der Waals surface area (Å²) in [5, 5.41) is 0.